The smallest absolute Gasteiger partial charge is 0.339 e. The maximum Gasteiger partial charge on any atom is 0.339 e. The molecule has 5 nitrogen and oxygen atoms in total. The third-order valence-electron chi connectivity index (χ3n) is 4.11. The van der Waals surface area contributed by atoms with Crippen LogP contribution in [0.2, 0.25) is 15.1 Å². The molecular formula is C20H14Cl3NO4S. The molecule has 0 aliphatic rings. The highest BCUT2D eigenvalue weighted by Crippen LogP contribution is 2.41. The molecule has 3 aromatic rings. The van der Waals surface area contributed by atoms with Crippen LogP contribution in [0.15, 0.2) is 35.7 Å². The van der Waals surface area contributed by atoms with E-state index in [-0.39, 0.29) is 37.6 Å². The van der Waals surface area contributed by atoms with Crippen LogP contribution in [0, 0.1) is 6.92 Å². The van der Waals surface area contributed by atoms with Gasteiger partial charge < -0.3 is 15.2 Å². The van der Waals surface area contributed by atoms with Crippen LogP contribution in [0.25, 0.3) is 10.4 Å². The quantitative estimate of drug-likeness (QED) is 0.410. The van der Waals surface area contributed by atoms with E-state index in [1.165, 1.54) is 24.5 Å². The Bertz CT molecular complexity index is 1130. The fourth-order valence-corrected chi connectivity index (χ4v) is 4.60. The summed E-state index contributed by atoms with van der Waals surface area (Å²) in [5.74, 6) is -1.62. The van der Waals surface area contributed by atoms with E-state index >= 15 is 0 Å². The minimum atomic E-state index is -1.16. The molecule has 0 atom stereocenters. The van der Waals surface area contributed by atoms with Crippen LogP contribution in [0.4, 0.5) is 5.69 Å². The number of carboxylic acids is 1. The van der Waals surface area contributed by atoms with Gasteiger partial charge in [-0.2, -0.15) is 0 Å². The minimum absolute atomic E-state index is 0.0131. The average Bonchev–Trinajstić information content (AvgIpc) is 3.08. The molecule has 29 heavy (non-hydrogen) atoms. The number of aromatic carboxylic acids is 1. The Kier molecular flexibility index (Phi) is 6.39. The zero-order valence-corrected chi connectivity index (χ0v) is 18.3. The number of carbonyl (C=O) groups excluding carboxylic acids is 1. The first-order valence-corrected chi connectivity index (χ1v) is 10.2. The number of hydrogen-bond donors (Lipinski definition) is 2. The number of halogens is 3. The maximum atomic E-state index is 12.8. The average molecular weight is 471 g/mol. The van der Waals surface area contributed by atoms with Crippen molar-refractivity contribution in [2.45, 2.75) is 6.92 Å². The summed E-state index contributed by atoms with van der Waals surface area (Å²) in [6, 6.07) is 8.81. The molecule has 0 saturated heterocycles. The van der Waals surface area contributed by atoms with Gasteiger partial charge in [-0.05, 0) is 12.5 Å². The lowest BCUT2D eigenvalue weighted by atomic mass is 10.1. The van der Waals surface area contributed by atoms with Crippen molar-refractivity contribution >= 4 is 63.7 Å². The molecule has 0 aliphatic heterocycles. The Balaban J connectivity index is 2.03. The molecule has 0 unspecified atom stereocenters. The van der Waals surface area contributed by atoms with Crippen LogP contribution in [-0.2, 0) is 0 Å². The molecule has 0 aliphatic carbocycles. The number of anilines is 1. The molecule has 2 aromatic carbocycles. The molecule has 0 bridgehead atoms. The van der Waals surface area contributed by atoms with Gasteiger partial charge in [-0.1, -0.05) is 64.6 Å². The largest absolute Gasteiger partial charge is 0.495 e. The van der Waals surface area contributed by atoms with E-state index in [2.05, 4.69) is 5.32 Å². The fourth-order valence-electron chi connectivity index (χ4n) is 2.78. The fraction of sp³-hybridized carbons (Fsp3) is 0.100. The van der Waals surface area contributed by atoms with E-state index in [0.29, 0.717) is 4.88 Å². The second-order valence-corrected chi connectivity index (χ2v) is 8.09. The molecular weight excluding hydrogens is 457 g/mol. The summed E-state index contributed by atoms with van der Waals surface area (Å²) in [4.78, 5) is 25.3. The van der Waals surface area contributed by atoms with Crippen LogP contribution in [0.1, 0.15) is 26.3 Å². The van der Waals surface area contributed by atoms with Crippen molar-refractivity contribution in [2.24, 2.45) is 0 Å². The second kappa shape index (κ2) is 8.63. The summed E-state index contributed by atoms with van der Waals surface area (Å²) in [7, 11) is 1.39. The van der Waals surface area contributed by atoms with Crippen LogP contribution >= 0.6 is 46.1 Å². The lowest BCUT2D eigenvalue weighted by Gasteiger charge is -2.12. The molecule has 2 N–H and O–H groups in total. The molecule has 9 heteroatoms. The van der Waals surface area contributed by atoms with Crippen molar-refractivity contribution in [3.05, 3.63) is 67.5 Å². The zero-order chi connectivity index (χ0) is 21.3. The Labute approximate surface area is 185 Å². The standard InChI is InChI=1S/C20H14Cl3NO4S/c1-9-4-3-5-10(6-9)18-15(20(26)27)12(8-29-18)24-19(25)14-11(21)7-13(28-2)16(22)17(14)23/h3-8H,1-2H3,(H,24,25)(H,26,27). The van der Waals surface area contributed by atoms with Crippen molar-refractivity contribution in [2.75, 3.05) is 12.4 Å². The number of thiophene rings is 1. The van der Waals surface area contributed by atoms with Gasteiger partial charge in [0, 0.05) is 11.4 Å². The summed E-state index contributed by atoms with van der Waals surface area (Å²) < 4.78 is 5.06. The summed E-state index contributed by atoms with van der Waals surface area (Å²) >= 11 is 19.7. The number of carbonyl (C=O) groups is 2. The van der Waals surface area contributed by atoms with Gasteiger partial charge in [0.25, 0.3) is 5.91 Å². The summed E-state index contributed by atoms with van der Waals surface area (Å²) in [5, 5.41) is 13.9. The number of rotatable bonds is 5. The number of methoxy groups -OCH3 is 1. The van der Waals surface area contributed by atoms with Crippen LogP contribution < -0.4 is 10.1 Å². The highest BCUT2D eigenvalue weighted by atomic mass is 35.5. The van der Waals surface area contributed by atoms with Gasteiger partial charge >= 0.3 is 5.97 Å². The molecule has 0 radical (unpaired) electrons. The molecule has 150 valence electrons. The molecule has 1 heterocycles. The first kappa shape index (κ1) is 21.5. The van der Waals surface area contributed by atoms with E-state index in [0.717, 1.165) is 11.1 Å². The number of carboxylic acid groups (broad SMARTS) is 1. The number of amides is 1. The van der Waals surface area contributed by atoms with Crippen LogP contribution in [0.3, 0.4) is 0 Å². The van der Waals surface area contributed by atoms with Gasteiger partial charge in [0.2, 0.25) is 0 Å². The highest BCUT2D eigenvalue weighted by molar-refractivity contribution is 7.14. The Hall–Kier alpha value is -2.25. The highest BCUT2D eigenvalue weighted by Gasteiger charge is 2.25. The third kappa shape index (κ3) is 4.21. The summed E-state index contributed by atoms with van der Waals surface area (Å²) in [6.07, 6.45) is 0. The lowest BCUT2D eigenvalue weighted by Crippen LogP contribution is -2.15. The van der Waals surface area contributed by atoms with Crippen molar-refractivity contribution in [3.63, 3.8) is 0 Å². The molecule has 3 rings (SSSR count). The second-order valence-electron chi connectivity index (χ2n) is 6.05. The number of ether oxygens (including phenoxy) is 1. The molecule has 1 aromatic heterocycles. The summed E-state index contributed by atoms with van der Waals surface area (Å²) in [5.41, 5.74) is 1.79. The van der Waals surface area contributed by atoms with E-state index in [4.69, 9.17) is 39.5 Å². The first-order valence-electron chi connectivity index (χ1n) is 8.19. The van der Waals surface area contributed by atoms with E-state index in [9.17, 15) is 14.7 Å². The van der Waals surface area contributed by atoms with Crippen molar-refractivity contribution in [1.29, 1.82) is 0 Å². The maximum absolute atomic E-state index is 12.8. The Morgan fingerprint density at radius 3 is 2.45 bits per heavy atom. The molecule has 1 amide bonds. The van der Waals surface area contributed by atoms with Crippen molar-refractivity contribution in [1.82, 2.24) is 0 Å². The first-order chi connectivity index (χ1) is 13.7. The monoisotopic (exact) mass is 469 g/mol. The van der Waals surface area contributed by atoms with Crippen LogP contribution in [0.5, 0.6) is 5.75 Å². The number of aryl methyl sites for hydroxylation is 1. The van der Waals surface area contributed by atoms with E-state index in [1.807, 2.05) is 31.2 Å². The van der Waals surface area contributed by atoms with E-state index in [1.54, 1.807) is 5.38 Å². The SMILES string of the molecule is COc1cc(Cl)c(C(=O)Nc2csc(-c3cccc(C)c3)c2C(=O)O)c(Cl)c1Cl. The van der Waals surface area contributed by atoms with Gasteiger partial charge in [-0.25, -0.2) is 4.79 Å². The van der Waals surface area contributed by atoms with Gasteiger partial charge in [0.1, 0.15) is 16.3 Å². The van der Waals surface area contributed by atoms with Gasteiger partial charge in [0.05, 0.1) is 33.3 Å². The zero-order valence-electron chi connectivity index (χ0n) is 15.2. The van der Waals surface area contributed by atoms with E-state index < -0.39 is 11.9 Å². The molecule has 0 spiro atoms. The predicted molar refractivity (Wildman–Crippen MR) is 117 cm³/mol. The lowest BCUT2D eigenvalue weighted by molar-refractivity contribution is 0.0699. The topological polar surface area (TPSA) is 75.6 Å². The van der Waals surface area contributed by atoms with Gasteiger partial charge in [-0.3, -0.25) is 4.79 Å². The van der Waals surface area contributed by atoms with Crippen molar-refractivity contribution in [3.8, 4) is 16.2 Å². The summed E-state index contributed by atoms with van der Waals surface area (Å²) in [6.45, 7) is 1.91. The number of hydrogen-bond acceptors (Lipinski definition) is 4. The Morgan fingerprint density at radius 1 is 1.10 bits per heavy atom. The Morgan fingerprint density at radius 2 is 1.83 bits per heavy atom. The molecule has 0 saturated carbocycles. The normalized spacial score (nSPS) is 10.7. The van der Waals surface area contributed by atoms with Crippen LogP contribution in [-0.4, -0.2) is 24.1 Å². The van der Waals surface area contributed by atoms with Crippen molar-refractivity contribution < 1.29 is 19.4 Å². The predicted octanol–water partition coefficient (Wildman–Crippen LogP) is 6.64. The van der Waals surface area contributed by atoms with Gasteiger partial charge in [-0.15, -0.1) is 11.3 Å². The van der Waals surface area contributed by atoms with Gasteiger partial charge in [0.15, 0.2) is 0 Å². The number of benzene rings is 2. The molecule has 0 fully saturated rings. The number of nitrogens with one attached hydrogen (secondary N) is 1. The third-order valence-corrected chi connectivity index (χ3v) is 6.28. The minimum Gasteiger partial charge on any atom is -0.495 e.